The largest absolute Gasteiger partial charge is 0.455 e. The highest BCUT2D eigenvalue weighted by atomic mass is 19.1. The Balaban J connectivity index is 2.13. The summed E-state index contributed by atoms with van der Waals surface area (Å²) in [5.74, 6) is -2.28. The van der Waals surface area contributed by atoms with Crippen molar-refractivity contribution in [1.82, 2.24) is 0 Å². The maximum atomic E-state index is 15.0. The molecule has 1 aromatic rings. The summed E-state index contributed by atoms with van der Waals surface area (Å²) in [5.41, 5.74) is 0.875. The Morgan fingerprint density at radius 2 is 1.50 bits per heavy atom. The normalized spacial score (nSPS) is 26.9. The van der Waals surface area contributed by atoms with Gasteiger partial charge < -0.3 is 23.7 Å². The van der Waals surface area contributed by atoms with Crippen molar-refractivity contribution in [3.63, 3.8) is 0 Å². The average Bonchev–Trinajstić information content (AvgIpc) is 2.61. The zero-order valence-electron chi connectivity index (χ0n) is 15.8. The number of carbonyl (C=O) groups is 3. The average molecular weight is 398 g/mol. The molecular weight excluding hydrogens is 375 g/mol. The minimum atomic E-state index is -1.86. The van der Waals surface area contributed by atoms with Crippen LogP contribution in [0.5, 0.6) is 0 Å². The molecule has 0 bridgehead atoms. The van der Waals surface area contributed by atoms with Crippen LogP contribution in [0, 0.1) is 0 Å². The second kappa shape index (κ2) is 10.1. The molecule has 8 nitrogen and oxygen atoms in total. The van der Waals surface area contributed by atoms with Gasteiger partial charge in [-0.2, -0.15) is 0 Å². The van der Waals surface area contributed by atoms with E-state index in [1.807, 2.05) is 30.3 Å². The summed E-state index contributed by atoms with van der Waals surface area (Å²) in [5, 5.41) is 0. The number of alkyl halides is 1. The van der Waals surface area contributed by atoms with Crippen LogP contribution < -0.4 is 0 Å². The zero-order valence-corrected chi connectivity index (χ0v) is 15.8. The highest BCUT2D eigenvalue weighted by Gasteiger charge is 2.52. The molecule has 1 fully saturated rings. The Morgan fingerprint density at radius 1 is 0.929 bits per heavy atom. The summed E-state index contributed by atoms with van der Waals surface area (Å²) < 4.78 is 41.0. The summed E-state index contributed by atoms with van der Waals surface area (Å²) in [4.78, 5) is 34.2. The lowest BCUT2D eigenvalue weighted by Crippen LogP contribution is -2.60. The Morgan fingerprint density at radius 3 is 2.07 bits per heavy atom. The van der Waals surface area contributed by atoms with Crippen molar-refractivity contribution in [3.8, 4) is 0 Å². The second-order valence-electron chi connectivity index (χ2n) is 6.25. The maximum Gasteiger partial charge on any atom is 0.305 e. The van der Waals surface area contributed by atoms with Crippen molar-refractivity contribution >= 4 is 17.9 Å². The van der Waals surface area contributed by atoms with Crippen LogP contribution in [-0.4, -0.2) is 55.3 Å². The van der Waals surface area contributed by atoms with E-state index in [0.717, 1.165) is 26.3 Å². The van der Waals surface area contributed by atoms with Gasteiger partial charge in [-0.05, 0) is 5.56 Å². The summed E-state index contributed by atoms with van der Waals surface area (Å²) in [7, 11) is 0. The summed E-state index contributed by atoms with van der Waals surface area (Å²) in [6.07, 6.45) is -7.46. The van der Waals surface area contributed by atoms with Crippen LogP contribution in [0.1, 0.15) is 26.3 Å². The molecule has 0 radical (unpaired) electrons. The molecule has 0 amide bonds. The Bertz CT molecular complexity index is 680. The summed E-state index contributed by atoms with van der Waals surface area (Å²) in [6, 6.07) is 9.22. The van der Waals surface area contributed by atoms with Gasteiger partial charge in [-0.3, -0.25) is 14.4 Å². The van der Waals surface area contributed by atoms with Crippen molar-refractivity contribution in [2.75, 3.05) is 6.61 Å². The Labute approximate surface area is 161 Å². The molecule has 2 rings (SSSR count). The molecule has 1 aromatic carbocycles. The van der Waals surface area contributed by atoms with E-state index < -0.39 is 48.7 Å². The molecule has 0 N–H and O–H groups in total. The molecule has 1 heterocycles. The van der Waals surface area contributed by atoms with E-state index in [0.29, 0.717) is 0 Å². The van der Waals surface area contributed by atoms with Crippen LogP contribution in [-0.2, 0) is 44.7 Å². The minimum absolute atomic E-state index is 0.196. The van der Waals surface area contributed by atoms with Crippen molar-refractivity contribution in [1.29, 1.82) is 0 Å². The van der Waals surface area contributed by atoms with Gasteiger partial charge in [-0.1, -0.05) is 30.3 Å². The standard InChI is InChI=1S/C19H23FO8/c1-11(21)25-17-16(20)15(10-24-9-14-7-5-4-6-8-14)28-19(27-13(3)23)18(17)26-12(2)22/h4-8,15-19H,9-10H2,1-3H3/t15-,16+,17+,18+,19?/m1/s1. The molecule has 0 aliphatic carbocycles. The summed E-state index contributed by atoms with van der Waals surface area (Å²) in [6.45, 7) is 3.32. The van der Waals surface area contributed by atoms with Crippen LogP contribution >= 0.6 is 0 Å². The van der Waals surface area contributed by atoms with Gasteiger partial charge >= 0.3 is 17.9 Å². The first kappa shape index (κ1) is 21.8. The predicted molar refractivity (Wildman–Crippen MR) is 92.5 cm³/mol. The molecule has 154 valence electrons. The third-order valence-electron chi connectivity index (χ3n) is 3.85. The molecule has 1 unspecified atom stereocenters. The summed E-state index contributed by atoms with van der Waals surface area (Å²) >= 11 is 0. The molecule has 9 heteroatoms. The van der Waals surface area contributed by atoms with Crippen molar-refractivity contribution in [2.24, 2.45) is 0 Å². The van der Waals surface area contributed by atoms with Crippen molar-refractivity contribution < 1.29 is 42.5 Å². The van der Waals surface area contributed by atoms with E-state index in [9.17, 15) is 18.8 Å². The third-order valence-corrected chi connectivity index (χ3v) is 3.85. The fourth-order valence-corrected chi connectivity index (χ4v) is 2.77. The topological polar surface area (TPSA) is 97.4 Å². The van der Waals surface area contributed by atoms with Gasteiger partial charge in [0.25, 0.3) is 0 Å². The molecule has 1 aliphatic heterocycles. The number of rotatable bonds is 7. The number of ether oxygens (including phenoxy) is 5. The third kappa shape index (κ3) is 6.28. The first-order valence-corrected chi connectivity index (χ1v) is 8.70. The molecule has 28 heavy (non-hydrogen) atoms. The highest BCUT2D eigenvalue weighted by Crippen LogP contribution is 2.29. The zero-order chi connectivity index (χ0) is 20.7. The fraction of sp³-hybridized carbons (Fsp3) is 0.526. The van der Waals surface area contributed by atoms with E-state index in [2.05, 4.69) is 0 Å². The van der Waals surface area contributed by atoms with Gasteiger partial charge in [-0.15, -0.1) is 0 Å². The van der Waals surface area contributed by atoms with E-state index in [1.165, 1.54) is 0 Å². The van der Waals surface area contributed by atoms with Crippen molar-refractivity contribution in [2.45, 2.75) is 58.2 Å². The quantitative estimate of drug-likeness (QED) is 0.506. The number of carbonyl (C=O) groups excluding carboxylic acids is 3. The second-order valence-corrected chi connectivity index (χ2v) is 6.25. The van der Waals surface area contributed by atoms with Crippen LogP contribution in [0.4, 0.5) is 4.39 Å². The monoisotopic (exact) mass is 398 g/mol. The molecule has 0 spiro atoms. The molecule has 0 saturated carbocycles. The molecule has 1 saturated heterocycles. The number of hydrogen-bond acceptors (Lipinski definition) is 8. The van der Waals surface area contributed by atoms with Crippen molar-refractivity contribution in [3.05, 3.63) is 35.9 Å². The number of benzene rings is 1. The fourth-order valence-electron chi connectivity index (χ4n) is 2.77. The molecule has 0 aromatic heterocycles. The first-order chi connectivity index (χ1) is 13.3. The number of hydrogen-bond donors (Lipinski definition) is 0. The van der Waals surface area contributed by atoms with Gasteiger partial charge in [0, 0.05) is 20.8 Å². The van der Waals surface area contributed by atoms with Crippen LogP contribution in [0.25, 0.3) is 0 Å². The Kier molecular flexibility index (Phi) is 7.89. The molecular formula is C19H23FO8. The molecule has 1 aliphatic rings. The van der Waals surface area contributed by atoms with Gasteiger partial charge in [-0.25, -0.2) is 4.39 Å². The lowest BCUT2D eigenvalue weighted by Gasteiger charge is -2.41. The van der Waals surface area contributed by atoms with E-state index in [1.54, 1.807) is 0 Å². The lowest BCUT2D eigenvalue weighted by atomic mass is 10.00. The van der Waals surface area contributed by atoms with E-state index in [-0.39, 0.29) is 13.2 Å². The van der Waals surface area contributed by atoms with Crippen LogP contribution in [0.2, 0.25) is 0 Å². The minimum Gasteiger partial charge on any atom is -0.455 e. The maximum absolute atomic E-state index is 15.0. The smallest absolute Gasteiger partial charge is 0.305 e. The predicted octanol–water partition coefficient (Wildman–Crippen LogP) is 1.69. The SMILES string of the molecule is CC(=O)OC1O[C@H](COCc2ccccc2)[C@H](F)[C@H](OC(C)=O)[C@@H]1OC(C)=O. The lowest BCUT2D eigenvalue weighted by molar-refractivity contribution is -0.290. The van der Waals surface area contributed by atoms with Gasteiger partial charge in [0.05, 0.1) is 13.2 Å². The Hall–Kier alpha value is -2.52. The van der Waals surface area contributed by atoms with Crippen LogP contribution in [0.15, 0.2) is 30.3 Å². The van der Waals surface area contributed by atoms with Gasteiger partial charge in [0.15, 0.2) is 12.3 Å². The van der Waals surface area contributed by atoms with E-state index >= 15 is 0 Å². The number of halogens is 1. The van der Waals surface area contributed by atoms with Gasteiger partial charge in [0.1, 0.15) is 6.10 Å². The van der Waals surface area contributed by atoms with Crippen LogP contribution in [0.3, 0.4) is 0 Å². The first-order valence-electron chi connectivity index (χ1n) is 8.70. The highest BCUT2D eigenvalue weighted by molar-refractivity contribution is 5.68. The van der Waals surface area contributed by atoms with E-state index in [4.69, 9.17) is 23.7 Å². The van der Waals surface area contributed by atoms with Gasteiger partial charge in [0.2, 0.25) is 12.4 Å². The molecule has 5 atom stereocenters. The number of esters is 3.